The first-order chi connectivity index (χ1) is 9.54. The quantitative estimate of drug-likeness (QED) is 0.909. The van der Waals surface area contributed by atoms with Gasteiger partial charge in [-0.1, -0.05) is 12.8 Å². The molecule has 0 amide bonds. The summed E-state index contributed by atoms with van der Waals surface area (Å²) in [5.74, 6) is 0.958. The number of rotatable bonds is 5. The molecule has 0 saturated heterocycles. The molecule has 0 aromatic carbocycles. The fourth-order valence-electron chi connectivity index (χ4n) is 3.04. The van der Waals surface area contributed by atoms with Crippen LogP contribution in [0.2, 0.25) is 0 Å². The summed E-state index contributed by atoms with van der Waals surface area (Å²) in [5, 5.41) is 8.22. The van der Waals surface area contributed by atoms with Crippen molar-refractivity contribution in [1.82, 2.24) is 19.9 Å². The lowest BCUT2D eigenvalue weighted by atomic mass is 10.1. The molecule has 1 saturated carbocycles. The normalized spacial score (nSPS) is 18.4. The highest BCUT2D eigenvalue weighted by Crippen LogP contribution is 2.33. The van der Waals surface area contributed by atoms with Gasteiger partial charge in [-0.05, 0) is 40.0 Å². The van der Waals surface area contributed by atoms with E-state index in [1.807, 2.05) is 23.7 Å². The van der Waals surface area contributed by atoms with E-state index < -0.39 is 0 Å². The minimum atomic E-state index is 0.310. The molecule has 2 heterocycles. The first kappa shape index (κ1) is 13.6. The van der Waals surface area contributed by atoms with Crippen LogP contribution in [0.1, 0.15) is 56.1 Å². The van der Waals surface area contributed by atoms with Crippen LogP contribution >= 0.6 is 0 Å². The molecule has 0 bridgehead atoms. The van der Waals surface area contributed by atoms with Crippen LogP contribution in [0.15, 0.2) is 12.3 Å². The van der Waals surface area contributed by atoms with Gasteiger partial charge in [0.1, 0.15) is 0 Å². The van der Waals surface area contributed by atoms with E-state index >= 15 is 0 Å². The molecule has 1 aliphatic rings. The third-order valence-electron chi connectivity index (χ3n) is 4.27. The number of aromatic nitrogens is 3. The zero-order valence-corrected chi connectivity index (χ0v) is 12.8. The Morgan fingerprint density at radius 2 is 2.10 bits per heavy atom. The van der Waals surface area contributed by atoms with Crippen molar-refractivity contribution in [2.45, 2.75) is 59.0 Å². The Morgan fingerprint density at radius 1 is 1.35 bits per heavy atom. The van der Waals surface area contributed by atoms with Crippen molar-refractivity contribution in [1.29, 1.82) is 0 Å². The Morgan fingerprint density at radius 3 is 2.80 bits per heavy atom. The van der Waals surface area contributed by atoms with E-state index in [0.29, 0.717) is 12.1 Å². The van der Waals surface area contributed by atoms with Crippen LogP contribution in [0.5, 0.6) is 0 Å². The van der Waals surface area contributed by atoms with Crippen molar-refractivity contribution in [3.05, 3.63) is 29.2 Å². The molecule has 2 atom stereocenters. The fourth-order valence-corrected chi connectivity index (χ4v) is 3.04. The van der Waals surface area contributed by atoms with Crippen LogP contribution in [-0.2, 0) is 0 Å². The lowest BCUT2D eigenvalue weighted by Crippen LogP contribution is -2.30. The van der Waals surface area contributed by atoms with Gasteiger partial charge in [0, 0.05) is 35.6 Å². The zero-order valence-electron chi connectivity index (χ0n) is 12.8. The van der Waals surface area contributed by atoms with E-state index in [2.05, 4.69) is 36.2 Å². The van der Waals surface area contributed by atoms with Crippen LogP contribution in [0, 0.1) is 19.8 Å². The average Bonchev–Trinajstić information content (AvgIpc) is 3.09. The summed E-state index contributed by atoms with van der Waals surface area (Å²) < 4.78 is 1.95. The van der Waals surface area contributed by atoms with Gasteiger partial charge in [-0.3, -0.25) is 0 Å². The van der Waals surface area contributed by atoms with Crippen LogP contribution in [0.4, 0.5) is 0 Å². The summed E-state index contributed by atoms with van der Waals surface area (Å²) in [7, 11) is 0. The van der Waals surface area contributed by atoms with Crippen molar-refractivity contribution in [3.8, 4) is 0 Å². The molecule has 4 nitrogen and oxygen atoms in total. The van der Waals surface area contributed by atoms with Gasteiger partial charge in [-0.2, -0.15) is 5.10 Å². The smallest absolute Gasteiger partial charge is 0.155 e. The Bertz CT molecular complexity index is 612. The molecule has 0 spiro atoms. The molecule has 1 fully saturated rings. The molecule has 108 valence electrons. The highest BCUT2D eigenvalue weighted by molar-refractivity contribution is 5.42. The van der Waals surface area contributed by atoms with Gasteiger partial charge < -0.3 is 5.32 Å². The third-order valence-corrected chi connectivity index (χ3v) is 4.27. The van der Waals surface area contributed by atoms with E-state index in [0.717, 1.165) is 17.3 Å². The Balaban J connectivity index is 1.79. The fraction of sp³-hybridized carbons (Fsp3) is 0.625. The molecular formula is C16H24N4. The van der Waals surface area contributed by atoms with Crippen molar-refractivity contribution < 1.29 is 0 Å². The molecule has 2 aromatic heterocycles. The molecule has 2 aromatic rings. The van der Waals surface area contributed by atoms with Crippen molar-refractivity contribution in [2.24, 2.45) is 5.92 Å². The van der Waals surface area contributed by atoms with Crippen molar-refractivity contribution >= 4 is 5.65 Å². The maximum atomic E-state index is 4.52. The van der Waals surface area contributed by atoms with Crippen molar-refractivity contribution in [2.75, 3.05) is 0 Å². The molecule has 4 heteroatoms. The molecule has 1 N–H and O–H groups in total. The molecular weight excluding hydrogens is 248 g/mol. The van der Waals surface area contributed by atoms with Crippen LogP contribution < -0.4 is 5.32 Å². The SMILES string of the molecule is Cc1cc2ncc(C(C)NC(C)CC3CC3)c(C)n2n1. The first-order valence-corrected chi connectivity index (χ1v) is 7.62. The summed E-state index contributed by atoms with van der Waals surface area (Å²) in [5.41, 5.74) is 4.37. The predicted octanol–water partition coefficient (Wildman–Crippen LogP) is 3.19. The molecule has 0 radical (unpaired) electrons. The van der Waals surface area contributed by atoms with Crippen LogP contribution in [-0.4, -0.2) is 20.6 Å². The second-order valence-electron chi connectivity index (χ2n) is 6.32. The summed E-state index contributed by atoms with van der Waals surface area (Å²) >= 11 is 0. The van der Waals surface area contributed by atoms with E-state index in [4.69, 9.17) is 0 Å². The standard InChI is InChI=1S/C16H24N4/c1-10(7-14-5-6-14)18-12(3)15-9-17-16-8-11(2)19-20(16)13(15)4/h8-10,12,14,18H,5-7H2,1-4H3. The zero-order chi connectivity index (χ0) is 14.3. The summed E-state index contributed by atoms with van der Waals surface area (Å²) in [4.78, 5) is 4.52. The van der Waals surface area contributed by atoms with Gasteiger partial charge in [0.15, 0.2) is 5.65 Å². The topological polar surface area (TPSA) is 42.2 Å². The van der Waals surface area contributed by atoms with E-state index in [1.54, 1.807) is 0 Å². The highest BCUT2D eigenvalue weighted by Gasteiger charge is 2.24. The van der Waals surface area contributed by atoms with Crippen molar-refractivity contribution in [3.63, 3.8) is 0 Å². The molecule has 1 aliphatic carbocycles. The largest absolute Gasteiger partial charge is 0.308 e. The van der Waals surface area contributed by atoms with Gasteiger partial charge >= 0.3 is 0 Å². The van der Waals surface area contributed by atoms with E-state index in [1.165, 1.54) is 30.5 Å². The second-order valence-corrected chi connectivity index (χ2v) is 6.32. The monoisotopic (exact) mass is 272 g/mol. The highest BCUT2D eigenvalue weighted by atomic mass is 15.3. The number of nitrogens with zero attached hydrogens (tertiary/aromatic N) is 3. The summed E-state index contributed by atoms with van der Waals surface area (Å²) in [6, 6.07) is 2.89. The number of hydrogen-bond acceptors (Lipinski definition) is 3. The van der Waals surface area contributed by atoms with Crippen LogP contribution in [0.25, 0.3) is 5.65 Å². The number of aryl methyl sites for hydroxylation is 2. The molecule has 0 aliphatic heterocycles. The summed E-state index contributed by atoms with van der Waals surface area (Å²) in [6.45, 7) is 8.64. The minimum Gasteiger partial charge on any atom is -0.308 e. The Kier molecular flexibility index (Phi) is 3.50. The Hall–Kier alpha value is -1.42. The van der Waals surface area contributed by atoms with Gasteiger partial charge in [0.05, 0.1) is 5.69 Å². The van der Waals surface area contributed by atoms with Gasteiger partial charge in [-0.15, -0.1) is 0 Å². The summed E-state index contributed by atoms with van der Waals surface area (Å²) in [6.07, 6.45) is 6.12. The molecule has 2 unspecified atom stereocenters. The lowest BCUT2D eigenvalue weighted by Gasteiger charge is -2.21. The first-order valence-electron chi connectivity index (χ1n) is 7.62. The second kappa shape index (κ2) is 5.17. The lowest BCUT2D eigenvalue weighted by molar-refractivity contribution is 0.435. The maximum Gasteiger partial charge on any atom is 0.155 e. The number of fused-ring (bicyclic) bond motifs is 1. The maximum absolute atomic E-state index is 4.52. The van der Waals surface area contributed by atoms with Gasteiger partial charge in [0.25, 0.3) is 0 Å². The van der Waals surface area contributed by atoms with Gasteiger partial charge in [-0.25, -0.2) is 9.50 Å². The van der Waals surface area contributed by atoms with Crippen LogP contribution in [0.3, 0.4) is 0 Å². The number of nitrogens with one attached hydrogen (secondary N) is 1. The minimum absolute atomic E-state index is 0.310. The number of hydrogen-bond donors (Lipinski definition) is 1. The molecule has 20 heavy (non-hydrogen) atoms. The Labute approximate surface area is 120 Å². The van der Waals surface area contributed by atoms with E-state index in [9.17, 15) is 0 Å². The van der Waals surface area contributed by atoms with Gasteiger partial charge in [0.2, 0.25) is 0 Å². The third kappa shape index (κ3) is 2.70. The predicted molar refractivity (Wildman–Crippen MR) is 80.8 cm³/mol. The average molecular weight is 272 g/mol. The molecule has 3 rings (SSSR count). The van der Waals surface area contributed by atoms with E-state index in [-0.39, 0.29) is 0 Å².